The van der Waals surface area contributed by atoms with Gasteiger partial charge in [-0.25, -0.2) is 5.01 Å². The molecular weight excluding hydrogens is 114 g/mol. The minimum absolute atomic E-state index is 0.733. The number of hydrazine groups is 1. The molecule has 0 aromatic carbocycles. The Morgan fingerprint density at radius 2 is 2.78 bits per heavy atom. The Kier molecular flexibility index (Phi) is 1.75. The van der Waals surface area contributed by atoms with E-state index in [1.807, 2.05) is 17.2 Å². The topological polar surface area (TPSA) is 41.3 Å². The first-order valence-electron chi connectivity index (χ1n) is 2.91. The lowest BCUT2D eigenvalue weighted by Crippen LogP contribution is -2.33. The molecule has 0 saturated heterocycles. The van der Waals surface area contributed by atoms with Crippen LogP contribution in [0.25, 0.3) is 0 Å². The zero-order valence-electron chi connectivity index (χ0n) is 5.30. The molecule has 1 heterocycles. The standard InChI is InChI=1S/C6H11N3/c1-2-4-9-5-3-6(7)8-9/h2-3,8H,1,4-5,7H2. The van der Waals surface area contributed by atoms with E-state index in [0.29, 0.717) is 0 Å². The van der Waals surface area contributed by atoms with Crippen molar-refractivity contribution in [2.24, 2.45) is 5.73 Å². The Balaban J connectivity index is 2.28. The van der Waals surface area contributed by atoms with E-state index in [0.717, 1.165) is 18.9 Å². The number of hydrogen-bond donors (Lipinski definition) is 2. The molecule has 0 atom stereocenters. The lowest BCUT2D eigenvalue weighted by atomic mass is 10.5. The molecule has 0 aromatic heterocycles. The smallest absolute Gasteiger partial charge is 0.108 e. The van der Waals surface area contributed by atoms with Crippen LogP contribution < -0.4 is 11.2 Å². The van der Waals surface area contributed by atoms with Crippen LogP contribution in [0.1, 0.15) is 0 Å². The fourth-order valence-electron chi connectivity index (χ4n) is 0.758. The number of hydrogen-bond acceptors (Lipinski definition) is 3. The van der Waals surface area contributed by atoms with Gasteiger partial charge in [-0.3, -0.25) is 0 Å². The van der Waals surface area contributed by atoms with Crippen LogP contribution in [0.5, 0.6) is 0 Å². The zero-order chi connectivity index (χ0) is 6.69. The van der Waals surface area contributed by atoms with E-state index < -0.39 is 0 Å². The van der Waals surface area contributed by atoms with Crippen LogP contribution in [0, 0.1) is 0 Å². The van der Waals surface area contributed by atoms with Gasteiger partial charge < -0.3 is 11.2 Å². The first-order chi connectivity index (χ1) is 4.33. The number of nitrogens with zero attached hydrogens (tertiary/aromatic N) is 1. The van der Waals surface area contributed by atoms with Crippen molar-refractivity contribution in [3.63, 3.8) is 0 Å². The summed E-state index contributed by atoms with van der Waals surface area (Å²) in [6, 6.07) is 0. The van der Waals surface area contributed by atoms with Crippen molar-refractivity contribution in [1.82, 2.24) is 10.4 Å². The normalized spacial score (nSPS) is 18.9. The number of nitrogens with one attached hydrogen (secondary N) is 1. The second kappa shape index (κ2) is 2.55. The van der Waals surface area contributed by atoms with Gasteiger partial charge in [0.15, 0.2) is 0 Å². The molecule has 0 fully saturated rings. The quantitative estimate of drug-likeness (QED) is 0.502. The van der Waals surface area contributed by atoms with Crippen LogP contribution in [-0.2, 0) is 0 Å². The fraction of sp³-hybridized carbons (Fsp3) is 0.333. The van der Waals surface area contributed by atoms with Crippen molar-refractivity contribution < 1.29 is 0 Å². The molecule has 3 nitrogen and oxygen atoms in total. The van der Waals surface area contributed by atoms with E-state index in [1.165, 1.54) is 0 Å². The van der Waals surface area contributed by atoms with Gasteiger partial charge in [0.2, 0.25) is 0 Å². The van der Waals surface area contributed by atoms with Crippen LogP contribution >= 0.6 is 0 Å². The van der Waals surface area contributed by atoms with Crippen LogP contribution in [0.15, 0.2) is 24.6 Å². The van der Waals surface area contributed by atoms with Crippen molar-refractivity contribution in [2.75, 3.05) is 13.1 Å². The second-order valence-corrected chi connectivity index (χ2v) is 1.96. The van der Waals surface area contributed by atoms with Crippen molar-refractivity contribution in [3.05, 3.63) is 24.6 Å². The summed E-state index contributed by atoms with van der Waals surface area (Å²) in [4.78, 5) is 0. The van der Waals surface area contributed by atoms with Gasteiger partial charge in [0.05, 0.1) is 0 Å². The summed E-state index contributed by atoms with van der Waals surface area (Å²) in [5.41, 5.74) is 8.39. The molecule has 0 unspecified atom stereocenters. The van der Waals surface area contributed by atoms with Crippen molar-refractivity contribution in [2.45, 2.75) is 0 Å². The van der Waals surface area contributed by atoms with Crippen molar-refractivity contribution in [3.8, 4) is 0 Å². The summed E-state index contributed by atoms with van der Waals surface area (Å²) in [5, 5.41) is 1.97. The van der Waals surface area contributed by atoms with E-state index >= 15 is 0 Å². The lowest BCUT2D eigenvalue weighted by Gasteiger charge is -2.13. The molecule has 1 aliphatic heterocycles. The van der Waals surface area contributed by atoms with Crippen LogP contribution in [0.4, 0.5) is 0 Å². The van der Waals surface area contributed by atoms with Gasteiger partial charge in [0.1, 0.15) is 5.82 Å². The molecule has 0 aliphatic carbocycles. The SMILES string of the molecule is C=CCN1CC=C(N)N1. The van der Waals surface area contributed by atoms with E-state index in [9.17, 15) is 0 Å². The first kappa shape index (κ1) is 6.16. The largest absolute Gasteiger partial charge is 0.385 e. The van der Waals surface area contributed by atoms with E-state index in [-0.39, 0.29) is 0 Å². The summed E-state index contributed by atoms with van der Waals surface area (Å²) < 4.78 is 0. The summed E-state index contributed by atoms with van der Waals surface area (Å²) >= 11 is 0. The lowest BCUT2D eigenvalue weighted by molar-refractivity contribution is 0.288. The minimum Gasteiger partial charge on any atom is -0.385 e. The molecule has 0 amide bonds. The third-order valence-electron chi connectivity index (χ3n) is 1.17. The molecule has 1 aliphatic rings. The average Bonchev–Trinajstić information content (AvgIpc) is 2.17. The van der Waals surface area contributed by atoms with Gasteiger partial charge in [-0.15, -0.1) is 6.58 Å². The summed E-state index contributed by atoms with van der Waals surface area (Å²) in [6.07, 6.45) is 3.77. The van der Waals surface area contributed by atoms with E-state index in [2.05, 4.69) is 12.0 Å². The number of nitrogens with two attached hydrogens (primary N) is 1. The molecule has 0 radical (unpaired) electrons. The van der Waals surface area contributed by atoms with Crippen molar-refractivity contribution >= 4 is 0 Å². The monoisotopic (exact) mass is 125 g/mol. The third-order valence-corrected chi connectivity index (χ3v) is 1.17. The molecule has 3 heteroatoms. The summed E-state index contributed by atoms with van der Waals surface area (Å²) in [5.74, 6) is 0.733. The van der Waals surface area contributed by atoms with Crippen LogP contribution in [0.2, 0.25) is 0 Å². The average molecular weight is 125 g/mol. The Hall–Kier alpha value is -0.960. The molecule has 0 bridgehead atoms. The highest BCUT2D eigenvalue weighted by Gasteiger charge is 2.06. The Bertz CT molecular complexity index is 139. The Morgan fingerprint density at radius 3 is 3.22 bits per heavy atom. The van der Waals surface area contributed by atoms with Gasteiger partial charge in [0.25, 0.3) is 0 Å². The van der Waals surface area contributed by atoms with Crippen LogP contribution in [0.3, 0.4) is 0 Å². The predicted octanol–water partition coefficient (Wildman–Crippen LogP) is -0.207. The third kappa shape index (κ3) is 1.47. The Labute approximate surface area is 54.8 Å². The maximum Gasteiger partial charge on any atom is 0.108 e. The highest BCUT2D eigenvalue weighted by atomic mass is 15.5. The van der Waals surface area contributed by atoms with Gasteiger partial charge in [-0.1, -0.05) is 6.08 Å². The first-order valence-corrected chi connectivity index (χ1v) is 2.91. The fourth-order valence-corrected chi connectivity index (χ4v) is 0.758. The van der Waals surface area contributed by atoms with Gasteiger partial charge in [-0.2, -0.15) is 0 Å². The van der Waals surface area contributed by atoms with E-state index in [4.69, 9.17) is 5.73 Å². The highest BCUT2D eigenvalue weighted by Crippen LogP contribution is 1.94. The molecule has 0 aromatic rings. The summed E-state index contributed by atoms with van der Waals surface area (Å²) in [7, 11) is 0. The minimum atomic E-state index is 0.733. The number of rotatable bonds is 2. The predicted molar refractivity (Wildman–Crippen MR) is 37.2 cm³/mol. The van der Waals surface area contributed by atoms with Gasteiger partial charge in [0, 0.05) is 13.1 Å². The van der Waals surface area contributed by atoms with Crippen LogP contribution in [-0.4, -0.2) is 18.1 Å². The van der Waals surface area contributed by atoms with Gasteiger partial charge in [-0.05, 0) is 6.08 Å². The van der Waals surface area contributed by atoms with Crippen molar-refractivity contribution in [1.29, 1.82) is 0 Å². The zero-order valence-corrected chi connectivity index (χ0v) is 5.30. The summed E-state index contributed by atoms with van der Waals surface area (Å²) in [6.45, 7) is 5.31. The maximum atomic E-state index is 5.43. The van der Waals surface area contributed by atoms with E-state index in [1.54, 1.807) is 0 Å². The molecule has 1 rings (SSSR count). The van der Waals surface area contributed by atoms with Gasteiger partial charge >= 0.3 is 0 Å². The maximum absolute atomic E-state index is 5.43. The second-order valence-electron chi connectivity index (χ2n) is 1.96. The molecule has 9 heavy (non-hydrogen) atoms. The molecule has 0 spiro atoms. The molecule has 50 valence electrons. The molecule has 3 N–H and O–H groups in total. The Morgan fingerprint density at radius 1 is 2.00 bits per heavy atom. The highest BCUT2D eigenvalue weighted by molar-refractivity contribution is 5.01. The molecule has 0 saturated carbocycles. The molecular formula is C6H11N3.